The van der Waals surface area contributed by atoms with Gasteiger partial charge in [0.15, 0.2) is 11.0 Å². The first-order valence-corrected chi connectivity index (χ1v) is 5.34. The number of hydrogen-bond donors (Lipinski definition) is 1. The fourth-order valence-electron chi connectivity index (χ4n) is 1.47. The summed E-state index contributed by atoms with van der Waals surface area (Å²) in [6, 6.07) is 7.76. The highest BCUT2D eigenvalue weighted by Crippen LogP contribution is 2.25. The zero-order valence-electron chi connectivity index (χ0n) is 8.90. The third kappa shape index (κ3) is 2.23. The molecule has 84 valence electrons. The summed E-state index contributed by atoms with van der Waals surface area (Å²) >= 11 is 5.96. The molecule has 1 aromatic carbocycles. The molecular formula is C11H12ClN3O. The molecule has 2 aromatic rings. The third-order valence-corrected chi connectivity index (χ3v) is 2.52. The van der Waals surface area contributed by atoms with Crippen LogP contribution in [0.15, 0.2) is 24.3 Å². The minimum absolute atomic E-state index is 0.424. The summed E-state index contributed by atoms with van der Waals surface area (Å²) in [6.45, 7) is 1.31. The number of rotatable bonds is 4. The molecule has 4 nitrogen and oxygen atoms in total. The van der Waals surface area contributed by atoms with Gasteiger partial charge in [0.05, 0.1) is 6.61 Å². The normalized spacial score (nSPS) is 10.6. The number of anilines is 1. The Morgan fingerprint density at radius 2 is 2.00 bits per heavy atom. The van der Waals surface area contributed by atoms with E-state index < -0.39 is 0 Å². The van der Waals surface area contributed by atoms with E-state index >= 15 is 0 Å². The van der Waals surface area contributed by atoms with Gasteiger partial charge < -0.3 is 10.1 Å². The summed E-state index contributed by atoms with van der Waals surface area (Å²) < 4.78 is 4.96. The summed E-state index contributed by atoms with van der Waals surface area (Å²) in [6.07, 6.45) is 0. The Morgan fingerprint density at radius 3 is 2.75 bits per heavy atom. The van der Waals surface area contributed by atoms with Gasteiger partial charge >= 0.3 is 0 Å². The molecule has 2 rings (SSSR count). The van der Waals surface area contributed by atoms with Crippen LogP contribution >= 0.6 is 11.6 Å². The molecule has 5 heteroatoms. The molecule has 0 saturated heterocycles. The van der Waals surface area contributed by atoms with Crippen molar-refractivity contribution in [3.05, 3.63) is 29.4 Å². The molecule has 0 aliphatic rings. The van der Waals surface area contributed by atoms with E-state index in [-0.39, 0.29) is 0 Å². The lowest BCUT2D eigenvalue weighted by Crippen LogP contribution is -2.09. The van der Waals surface area contributed by atoms with Crippen molar-refractivity contribution in [2.45, 2.75) is 0 Å². The molecule has 1 N–H and O–H groups in total. The average Bonchev–Trinajstić information content (AvgIpc) is 2.33. The molecule has 0 amide bonds. The quantitative estimate of drug-likeness (QED) is 0.830. The van der Waals surface area contributed by atoms with Gasteiger partial charge in [-0.25, -0.2) is 0 Å². The lowest BCUT2D eigenvalue weighted by molar-refractivity contribution is 0.210. The van der Waals surface area contributed by atoms with Crippen molar-refractivity contribution >= 4 is 28.2 Å². The molecule has 0 saturated carbocycles. The highest BCUT2D eigenvalue weighted by Gasteiger charge is 2.05. The van der Waals surface area contributed by atoms with Crippen LogP contribution in [0.3, 0.4) is 0 Å². The van der Waals surface area contributed by atoms with Crippen LogP contribution in [-0.2, 0) is 4.74 Å². The summed E-state index contributed by atoms with van der Waals surface area (Å²) in [5.41, 5.74) is 0. The number of methoxy groups -OCH3 is 1. The number of benzene rings is 1. The zero-order valence-corrected chi connectivity index (χ0v) is 9.66. The number of ether oxygens (including phenoxy) is 1. The molecule has 0 fully saturated rings. The Morgan fingerprint density at radius 1 is 1.25 bits per heavy atom. The largest absolute Gasteiger partial charge is 0.383 e. The Bertz CT molecular complexity index is 490. The van der Waals surface area contributed by atoms with Crippen molar-refractivity contribution in [1.82, 2.24) is 10.2 Å². The molecule has 0 aliphatic carbocycles. The zero-order chi connectivity index (χ0) is 11.4. The summed E-state index contributed by atoms with van der Waals surface area (Å²) in [5, 5.41) is 13.4. The second kappa shape index (κ2) is 5.09. The topological polar surface area (TPSA) is 47.0 Å². The van der Waals surface area contributed by atoms with Gasteiger partial charge in [0.2, 0.25) is 0 Å². The second-order valence-corrected chi connectivity index (χ2v) is 3.66. The summed E-state index contributed by atoms with van der Waals surface area (Å²) in [4.78, 5) is 0. The SMILES string of the molecule is COCCNc1nnc(Cl)c2ccccc12. The first-order chi connectivity index (χ1) is 7.83. The molecule has 0 spiro atoms. The lowest BCUT2D eigenvalue weighted by Gasteiger charge is -2.07. The highest BCUT2D eigenvalue weighted by atomic mass is 35.5. The standard InChI is InChI=1S/C11H12ClN3O/c1-16-7-6-13-11-9-5-3-2-4-8(9)10(12)14-15-11/h2-5H,6-7H2,1H3,(H,13,15). The first-order valence-electron chi connectivity index (χ1n) is 4.96. The van der Waals surface area contributed by atoms with E-state index in [0.717, 1.165) is 16.6 Å². The van der Waals surface area contributed by atoms with Crippen LogP contribution in [0, 0.1) is 0 Å². The summed E-state index contributed by atoms with van der Waals surface area (Å²) in [7, 11) is 1.66. The van der Waals surface area contributed by atoms with Crippen molar-refractivity contribution in [1.29, 1.82) is 0 Å². The predicted octanol–water partition coefficient (Wildman–Crippen LogP) is 2.34. The van der Waals surface area contributed by atoms with Gasteiger partial charge in [-0.3, -0.25) is 0 Å². The van der Waals surface area contributed by atoms with Gasteiger partial charge in [-0.05, 0) is 0 Å². The Balaban J connectivity index is 2.35. The van der Waals surface area contributed by atoms with Gasteiger partial charge in [0.1, 0.15) is 0 Å². The van der Waals surface area contributed by atoms with Gasteiger partial charge in [-0.1, -0.05) is 35.9 Å². The Labute approximate surface area is 98.6 Å². The van der Waals surface area contributed by atoms with Crippen LogP contribution in [0.2, 0.25) is 5.15 Å². The molecule has 1 heterocycles. The minimum Gasteiger partial charge on any atom is -0.383 e. The molecular weight excluding hydrogens is 226 g/mol. The minimum atomic E-state index is 0.424. The fraction of sp³-hybridized carbons (Fsp3) is 0.273. The molecule has 0 atom stereocenters. The smallest absolute Gasteiger partial charge is 0.159 e. The van der Waals surface area contributed by atoms with Crippen LogP contribution in [-0.4, -0.2) is 30.5 Å². The van der Waals surface area contributed by atoms with Crippen molar-refractivity contribution < 1.29 is 4.74 Å². The lowest BCUT2D eigenvalue weighted by atomic mass is 10.2. The van der Waals surface area contributed by atoms with E-state index in [2.05, 4.69) is 15.5 Å². The number of hydrogen-bond acceptors (Lipinski definition) is 4. The maximum atomic E-state index is 5.96. The summed E-state index contributed by atoms with van der Waals surface area (Å²) in [5.74, 6) is 0.733. The first kappa shape index (κ1) is 11.1. The molecule has 0 unspecified atom stereocenters. The maximum absolute atomic E-state index is 5.96. The van der Waals surface area contributed by atoms with E-state index in [1.807, 2.05) is 24.3 Å². The van der Waals surface area contributed by atoms with E-state index in [0.29, 0.717) is 18.3 Å². The fourth-order valence-corrected chi connectivity index (χ4v) is 1.68. The number of fused-ring (bicyclic) bond motifs is 1. The Hall–Kier alpha value is -1.39. The second-order valence-electron chi connectivity index (χ2n) is 3.30. The molecule has 0 bridgehead atoms. The van der Waals surface area contributed by atoms with Crippen LogP contribution < -0.4 is 5.32 Å². The van der Waals surface area contributed by atoms with Crippen molar-refractivity contribution in [2.75, 3.05) is 25.6 Å². The van der Waals surface area contributed by atoms with Gasteiger partial charge in [-0.2, -0.15) is 0 Å². The average molecular weight is 238 g/mol. The van der Waals surface area contributed by atoms with Crippen LogP contribution in [0.25, 0.3) is 10.8 Å². The maximum Gasteiger partial charge on any atom is 0.159 e. The van der Waals surface area contributed by atoms with Gasteiger partial charge in [-0.15, -0.1) is 10.2 Å². The van der Waals surface area contributed by atoms with E-state index in [9.17, 15) is 0 Å². The van der Waals surface area contributed by atoms with E-state index in [1.54, 1.807) is 7.11 Å². The van der Waals surface area contributed by atoms with Crippen LogP contribution in [0.4, 0.5) is 5.82 Å². The predicted molar refractivity (Wildman–Crippen MR) is 64.9 cm³/mol. The van der Waals surface area contributed by atoms with Crippen molar-refractivity contribution in [3.63, 3.8) is 0 Å². The third-order valence-electron chi connectivity index (χ3n) is 2.24. The number of aromatic nitrogens is 2. The van der Waals surface area contributed by atoms with Gasteiger partial charge in [0, 0.05) is 24.4 Å². The van der Waals surface area contributed by atoms with Crippen molar-refractivity contribution in [3.8, 4) is 0 Å². The monoisotopic (exact) mass is 237 g/mol. The number of nitrogens with one attached hydrogen (secondary N) is 1. The molecule has 0 aliphatic heterocycles. The van der Waals surface area contributed by atoms with Crippen LogP contribution in [0.1, 0.15) is 0 Å². The molecule has 16 heavy (non-hydrogen) atoms. The van der Waals surface area contributed by atoms with Crippen molar-refractivity contribution in [2.24, 2.45) is 0 Å². The van der Waals surface area contributed by atoms with Crippen LogP contribution in [0.5, 0.6) is 0 Å². The van der Waals surface area contributed by atoms with Gasteiger partial charge in [0.25, 0.3) is 0 Å². The van der Waals surface area contributed by atoms with E-state index in [4.69, 9.17) is 16.3 Å². The Kier molecular flexibility index (Phi) is 3.54. The number of nitrogens with zero attached hydrogens (tertiary/aromatic N) is 2. The molecule has 1 aromatic heterocycles. The molecule has 0 radical (unpaired) electrons. The van der Waals surface area contributed by atoms with E-state index in [1.165, 1.54) is 0 Å². The number of halogens is 1. The highest BCUT2D eigenvalue weighted by molar-refractivity contribution is 6.34.